The number of Topliss-reactive ketones (excluding diaryl/α,β-unsaturated/α-hetero) is 1. The van der Waals surface area contributed by atoms with E-state index in [1.165, 1.54) is 11.8 Å². The molecule has 166 valence electrons. The van der Waals surface area contributed by atoms with Gasteiger partial charge in [0.25, 0.3) is 0 Å². The topological polar surface area (TPSA) is 66.2 Å². The van der Waals surface area contributed by atoms with Crippen LogP contribution in [-0.4, -0.2) is 39.5 Å². The van der Waals surface area contributed by atoms with Crippen LogP contribution in [0.4, 0.5) is 0 Å². The summed E-state index contributed by atoms with van der Waals surface area (Å²) in [6, 6.07) is 20.0. The van der Waals surface area contributed by atoms with Gasteiger partial charge in [0.05, 0.1) is 5.75 Å². The van der Waals surface area contributed by atoms with Gasteiger partial charge < -0.3 is 9.47 Å². The lowest BCUT2D eigenvalue weighted by Gasteiger charge is -2.18. The fraction of sp³-hybridized carbons (Fsp3) is 0.125. The van der Waals surface area contributed by atoms with Gasteiger partial charge in [-0.1, -0.05) is 35.0 Å². The number of carbonyl (C=O) groups is 1. The monoisotopic (exact) mass is 497 g/mol. The first kappa shape index (κ1) is 21.8. The molecule has 1 aliphatic rings. The molecule has 2 heterocycles. The molecule has 4 aromatic rings. The van der Waals surface area contributed by atoms with E-state index in [1.54, 1.807) is 42.5 Å². The highest BCUT2D eigenvalue weighted by atomic mass is 35.5. The Hall–Kier alpha value is -3.00. The second kappa shape index (κ2) is 9.47. The van der Waals surface area contributed by atoms with Gasteiger partial charge in [0.2, 0.25) is 0 Å². The lowest BCUT2D eigenvalue weighted by molar-refractivity contribution is 0.102. The van der Waals surface area contributed by atoms with E-state index in [0.717, 1.165) is 11.3 Å². The van der Waals surface area contributed by atoms with Crippen molar-refractivity contribution >= 4 is 40.7 Å². The SMILES string of the molecule is O=C(CSc1nnc(-c2ccc(Cl)cc2)n1-c1ccc(Cl)cc1)c1ccc2c(c1)OCCO2. The fourth-order valence-electron chi connectivity index (χ4n) is 3.40. The van der Waals surface area contributed by atoms with Crippen LogP contribution in [0.15, 0.2) is 71.9 Å². The van der Waals surface area contributed by atoms with E-state index >= 15 is 0 Å². The molecule has 33 heavy (non-hydrogen) atoms. The Morgan fingerprint density at radius 3 is 2.27 bits per heavy atom. The molecule has 0 radical (unpaired) electrons. The molecule has 6 nitrogen and oxygen atoms in total. The summed E-state index contributed by atoms with van der Waals surface area (Å²) in [7, 11) is 0. The molecule has 0 unspecified atom stereocenters. The summed E-state index contributed by atoms with van der Waals surface area (Å²) >= 11 is 13.4. The predicted molar refractivity (Wildman–Crippen MR) is 129 cm³/mol. The minimum absolute atomic E-state index is 0.0457. The minimum atomic E-state index is -0.0457. The predicted octanol–water partition coefficient (Wildman–Crippen LogP) is 5.99. The molecule has 5 rings (SSSR count). The van der Waals surface area contributed by atoms with E-state index in [2.05, 4.69) is 10.2 Å². The van der Waals surface area contributed by atoms with E-state index in [4.69, 9.17) is 32.7 Å². The number of hydrogen-bond acceptors (Lipinski definition) is 6. The van der Waals surface area contributed by atoms with Crippen LogP contribution in [-0.2, 0) is 0 Å². The number of hydrogen-bond donors (Lipinski definition) is 0. The average Bonchev–Trinajstić information content (AvgIpc) is 3.27. The zero-order chi connectivity index (χ0) is 22.8. The van der Waals surface area contributed by atoms with Crippen LogP contribution in [0.2, 0.25) is 10.0 Å². The Morgan fingerprint density at radius 1 is 0.879 bits per heavy atom. The first-order chi connectivity index (χ1) is 16.1. The van der Waals surface area contributed by atoms with E-state index in [9.17, 15) is 4.79 Å². The van der Waals surface area contributed by atoms with Crippen molar-refractivity contribution < 1.29 is 14.3 Å². The highest BCUT2D eigenvalue weighted by Gasteiger charge is 2.19. The molecule has 0 spiro atoms. The molecule has 1 aromatic heterocycles. The van der Waals surface area contributed by atoms with Gasteiger partial charge in [0.15, 0.2) is 28.3 Å². The lowest BCUT2D eigenvalue weighted by Crippen LogP contribution is -2.16. The molecule has 0 fully saturated rings. The van der Waals surface area contributed by atoms with Crippen molar-refractivity contribution in [3.05, 3.63) is 82.3 Å². The number of carbonyl (C=O) groups excluding carboxylic acids is 1. The quantitative estimate of drug-likeness (QED) is 0.241. The van der Waals surface area contributed by atoms with Crippen molar-refractivity contribution in [1.82, 2.24) is 14.8 Å². The molecule has 3 aromatic carbocycles. The first-order valence-corrected chi connectivity index (χ1v) is 11.9. The Balaban J connectivity index is 1.43. The Morgan fingerprint density at radius 2 is 1.55 bits per heavy atom. The van der Waals surface area contributed by atoms with Crippen LogP contribution in [0.25, 0.3) is 17.1 Å². The fourth-order valence-corrected chi connectivity index (χ4v) is 4.50. The summed E-state index contributed by atoms with van der Waals surface area (Å²) in [4.78, 5) is 12.9. The standard InChI is InChI=1S/C24H17Cl2N3O3S/c25-17-4-1-15(2-5-17)23-27-28-24(29(23)19-8-6-18(26)7-9-19)33-14-20(30)16-3-10-21-22(13-16)32-12-11-31-21/h1-10,13H,11-12,14H2. The van der Waals surface area contributed by atoms with Gasteiger partial charge >= 0.3 is 0 Å². The van der Waals surface area contributed by atoms with Gasteiger partial charge in [-0.3, -0.25) is 9.36 Å². The molecule has 0 N–H and O–H groups in total. The summed E-state index contributed by atoms with van der Waals surface area (Å²) in [6.07, 6.45) is 0. The number of thioether (sulfide) groups is 1. The van der Waals surface area contributed by atoms with Crippen molar-refractivity contribution in [3.8, 4) is 28.6 Å². The number of halogens is 2. The van der Waals surface area contributed by atoms with Crippen molar-refractivity contribution in [1.29, 1.82) is 0 Å². The van der Waals surface area contributed by atoms with E-state index in [-0.39, 0.29) is 11.5 Å². The normalized spacial score (nSPS) is 12.5. The molecular formula is C24H17Cl2N3O3S. The molecule has 9 heteroatoms. The maximum absolute atomic E-state index is 12.9. The first-order valence-electron chi connectivity index (χ1n) is 10.1. The number of nitrogens with zero attached hydrogens (tertiary/aromatic N) is 3. The Bertz CT molecular complexity index is 1310. The Kier molecular flexibility index (Phi) is 6.26. The van der Waals surface area contributed by atoms with Crippen molar-refractivity contribution in [3.63, 3.8) is 0 Å². The van der Waals surface area contributed by atoms with Crippen LogP contribution in [0.1, 0.15) is 10.4 Å². The zero-order valence-corrected chi connectivity index (χ0v) is 19.5. The molecular weight excluding hydrogens is 481 g/mol. The third-order valence-electron chi connectivity index (χ3n) is 5.02. The number of ether oxygens (including phenoxy) is 2. The van der Waals surface area contributed by atoms with E-state index < -0.39 is 0 Å². The van der Waals surface area contributed by atoms with Crippen molar-refractivity contribution in [2.24, 2.45) is 0 Å². The van der Waals surface area contributed by atoms with Gasteiger partial charge in [-0.15, -0.1) is 10.2 Å². The molecule has 1 aliphatic heterocycles. The number of ketones is 1. The number of rotatable bonds is 6. The van der Waals surface area contributed by atoms with Gasteiger partial charge in [0.1, 0.15) is 13.2 Å². The summed E-state index contributed by atoms with van der Waals surface area (Å²) in [5, 5.41) is 10.6. The molecule has 0 aliphatic carbocycles. The third-order valence-corrected chi connectivity index (χ3v) is 6.45. The van der Waals surface area contributed by atoms with Gasteiger partial charge in [0, 0.05) is 26.9 Å². The average molecular weight is 498 g/mol. The zero-order valence-electron chi connectivity index (χ0n) is 17.2. The second-order valence-corrected chi connectivity index (χ2v) is 9.01. The maximum Gasteiger partial charge on any atom is 0.196 e. The largest absolute Gasteiger partial charge is 0.486 e. The lowest BCUT2D eigenvalue weighted by atomic mass is 10.1. The smallest absolute Gasteiger partial charge is 0.196 e. The van der Waals surface area contributed by atoms with Crippen LogP contribution in [0.3, 0.4) is 0 Å². The summed E-state index contributed by atoms with van der Waals surface area (Å²) < 4.78 is 13.0. The van der Waals surface area contributed by atoms with Crippen LogP contribution in [0, 0.1) is 0 Å². The summed E-state index contributed by atoms with van der Waals surface area (Å²) in [5.74, 6) is 2.03. The summed E-state index contributed by atoms with van der Waals surface area (Å²) in [5.41, 5.74) is 2.25. The Labute approximate surface area is 204 Å². The number of fused-ring (bicyclic) bond motifs is 1. The molecule has 0 saturated heterocycles. The molecule has 0 atom stereocenters. The second-order valence-electron chi connectivity index (χ2n) is 7.20. The van der Waals surface area contributed by atoms with Crippen molar-refractivity contribution in [2.75, 3.05) is 19.0 Å². The molecule has 0 bridgehead atoms. The summed E-state index contributed by atoms with van der Waals surface area (Å²) in [6.45, 7) is 0.976. The highest BCUT2D eigenvalue weighted by molar-refractivity contribution is 7.99. The number of benzene rings is 3. The van der Waals surface area contributed by atoms with E-state index in [0.29, 0.717) is 51.3 Å². The number of aromatic nitrogens is 3. The van der Waals surface area contributed by atoms with Crippen molar-refractivity contribution in [2.45, 2.75) is 5.16 Å². The van der Waals surface area contributed by atoms with Crippen LogP contribution < -0.4 is 9.47 Å². The molecule has 0 amide bonds. The van der Waals surface area contributed by atoms with Gasteiger partial charge in [-0.25, -0.2) is 0 Å². The minimum Gasteiger partial charge on any atom is -0.486 e. The third kappa shape index (κ3) is 4.71. The van der Waals surface area contributed by atoms with Gasteiger partial charge in [-0.2, -0.15) is 0 Å². The maximum atomic E-state index is 12.9. The highest BCUT2D eigenvalue weighted by Crippen LogP contribution is 2.33. The van der Waals surface area contributed by atoms with Crippen LogP contribution >= 0.6 is 35.0 Å². The molecule has 0 saturated carbocycles. The van der Waals surface area contributed by atoms with E-state index in [1.807, 2.05) is 28.8 Å². The van der Waals surface area contributed by atoms with Gasteiger partial charge in [-0.05, 0) is 66.7 Å². The van der Waals surface area contributed by atoms with Crippen LogP contribution in [0.5, 0.6) is 11.5 Å².